The number of halogens is 2. The van der Waals surface area contributed by atoms with Crippen LogP contribution < -0.4 is 0 Å². The molecular formula is C19H16F2N2O3. The lowest BCUT2D eigenvalue weighted by atomic mass is 9.82. The monoisotopic (exact) mass is 358 g/mol. The highest BCUT2D eigenvalue weighted by Crippen LogP contribution is 2.54. The zero-order chi connectivity index (χ0) is 18.2. The van der Waals surface area contributed by atoms with E-state index in [-0.39, 0.29) is 34.4 Å². The summed E-state index contributed by atoms with van der Waals surface area (Å²) in [5.41, 5.74) is 0.259. The predicted molar refractivity (Wildman–Crippen MR) is 88.4 cm³/mol. The molecule has 1 saturated carbocycles. The number of rotatable bonds is 2. The highest BCUT2D eigenvalue weighted by molar-refractivity contribution is 6.00. The number of H-pyrrole nitrogens is 1. The Labute approximate surface area is 147 Å². The molecule has 134 valence electrons. The van der Waals surface area contributed by atoms with E-state index in [1.807, 2.05) is 0 Å². The molecule has 0 radical (unpaired) electrons. The quantitative estimate of drug-likeness (QED) is 0.811. The maximum absolute atomic E-state index is 13.9. The van der Waals surface area contributed by atoms with Crippen molar-refractivity contribution < 1.29 is 23.5 Å². The van der Waals surface area contributed by atoms with E-state index >= 15 is 0 Å². The van der Waals surface area contributed by atoms with E-state index in [9.17, 15) is 23.5 Å². The van der Waals surface area contributed by atoms with Crippen molar-refractivity contribution in [3.05, 3.63) is 47.7 Å². The number of benzene rings is 1. The van der Waals surface area contributed by atoms with Crippen LogP contribution >= 0.6 is 0 Å². The normalized spacial score (nSPS) is 31.8. The Morgan fingerprint density at radius 1 is 1.15 bits per heavy atom. The third-order valence-corrected chi connectivity index (χ3v) is 6.19. The van der Waals surface area contributed by atoms with E-state index in [4.69, 9.17) is 0 Å². The van der Waals surface area contributed by atoms with Crippen LogP contribution in [0, 0.1) is 35.3 Å². The Bertz CT molecular complexity index is 983. The summed E-state index contributed by atoms with van der Waals surface area (Å²) < 4.78 is 27.3. The lowest BCUT2D eigenvalue weighted by molar-refractivity contribution is -0.143. The Morgan fingerprint density at radius 3 is 2.69 bits per heavy atom. The van der Waals surface area contributed by atoms with Gasteiger partial charge in [0.25, 0.3) is 5.91 Å². The number of aromatic amines is 1. The SMILES string of the molecule is O=C(O)[C@@H]1[C@@H]2[C@H](CN1C(=O)c1cc3c(F)cc(F)cc3[nH]1)[C@@H]1C=C[C@H]2C1. The van der Waals surface area contributed by atoms with Gasteiger partial charge in [-0.15, -0.1) is 0 Å². The van der Waals surface area contributed by atoms with Crippen molar-refractivity contribution in [3.63, 3.8) is 0 Å². The van der Waals surface area contributed by atoms with Gasteiger partial charge in [0, 0.05) is 23.9 Å². The largest absolute Gasteiger partial charge is 0.480 e. The molecule has 5 nitrogen and oxygen atoms in total. The lowest BCUT2D eigenvalue weighted by Gasteiger charge is -2.26. The number of carbonyl (C=O) groups excluding carboxylic acids is 1. The molecule has 2 N–H and O–H groups in total. The molecular weight excluding hydrogens is 342 g/mol. The van der Waals surface area contributed by atoms with E-state index in [0.29, 0.717) is 12.5 Å². The summed E-state index contributed by atoms with van der Waals surface area (Å²) in [7, 11) is 0. The van der Waals surface area contributed by atoms with Crippen LogP contribution in [0.15, 0.2) is 30.4 Å². The first-order valence-electron chi connectivity index (χ1n) is 8.64. The number of carboxylic acid groups (broad SMARTS) is 1. The Balaban J connectivity index is 1.52. The highest BCUT2D eigenvalue weighted by Gasteiger charge is 2.58. The molecule has 1 saturated heterocycles. The minimum absolute atomic E-state index is 0.0787. The number of allylic oxidation sites excluding steroid dienone is 2. The van der Waals surface area contributed by atoms with Crippen molar-refractivity contribution in [2.75, 3.05) is 6.54 Å². The minimum Gasteiger partial charge on any atom is -0.480 e. The van der Waals surface area contributed by atoms with Crippen molar-refractivity contribution in [3.8, 4) is 0 Å². The lowest BCUT2D eigenvalue weighted by Crippen LogP contribution is -2.44. The van der Waals surface area contributed by atoms with Crippen molar-refractivity contribution in [1.82, 2.24) is 9.88 Å². The van der Waals surface area contributed by atoms with Gasteiger partial charge in [-0.05, 0) is 36.3 Å². The first kappa shape index (κ1) is 15.5. The molecule has 0 spiro atoms. The second-order valence-corrected chi connectivity index (χ2v) is 7.46. The molecule has 26 heavy (non-hydrogen) atoms. The molecule has 5 atom stereocenters. The Morgan fingerprint density at radius 2 is 1.92 bits per heavy atom. The van der Waals surface area contributed by atoms with Crippen LogP contribution in [0.4, 0.5) is 8.78 Å². The van der Waals surface area contributed by atoms with Gasteiger partial charge in [0.2, 0.25) is 0 Å². The Hall–Kier alpha value is -2.70. The summed E-state index contributed by atoms with van der Waals surface area (Å²) in [6, 6.07) is 2.31. The predicted octanol–water partition coefficient (Wildman–Crippen LogP) is 2.79. The standard InChI is InChI=1S/C19H16F2N2O3/c20-10-4-13(21)11-6-15(22-14(11)5-10)18(24)23-7-12-8-1-2-9(3-8)16(12)17(23)19(25)26/h1-2,4-6,8-9,12,16-17,22H,3,7H2,(H,25,26)/t8-,9+,12-,16+,17+/m1/s1. The number of likely N-dealkylation sites (tertiary alicyclic amines) is 1. The van der Waals surface area contributed by atoms with Crippen LogP contribution in [0.2, 0.25) is 0 Å². The minimum atomic E-state index is -1.01. The molecule has 2 aromatic rings. The van der Waals surface area contributed by atoms with E-state index in [1.165, 1.54) is 11.0 Å². The van der Waals surface area contributed by atoms with Crippen LogP contribution in [0.3, 0.4) is 0 Å². The van der Waals surface area contributed by atoms with Crippen LogP contribution in [0.1, 0.15) is 16.9 Å². The van der Waals surface area contributed by atoms with Crippen LogP contribution in [0.5, 0.6) is 0 Å². The van der Waals surface area contributed by atoms with Gasteiger partial charge >= 0.3 is 5.97 Å². The molecule has 1 aromatic carbocycles. The van der Waals surface area contributed by atoms with E-state index in [2.05, 4.69) is 17.1 Å². The summed E-state index contributed by atoms with van der Waals surface area (Å²) in [6.45, 7) is 0.373. The van der Waals surface area contributed by atoms with Gasteiger partial charge in [0.05, 0.1) is 5.52 Å². The van der Waals surface area contributed by atoms with Gasteiger partial charge < -0.3 is 15.0 Å². The summed E-state index contributed by atoms with van der Waals surface area (Å²) >= 11 is 0. The number of carbonyl (C=O) groups is 2. The van der Waals surface area contributed by atoms with Crippen LogP contribution in [0.25, 0.3) is 10.9 Å². The van der Waals surface area contributed by atoms with Gasteiger partial charge in [-0.2, -0.15) is 0 Å². The number of fused-ring (bicyclic) bond motifs is 6. The number of aromatic nitrogens is 1. The molecule has 2 aliphatic carbocycles. The number of amides is 1. The van der Waals surface area contributed by atoms with Gasteiger partial charge in [-0.3, -0.25) is 4.79 Å². The average Bonchev–Trinajstić information content (AvgIpc) is 3.32. The number of hydrogen-bond acceptors (Lipinski definition) is 2. The molecule has 5 rings (SSSR count). The van der Waals surface area contributed by atoms with Gasteiger partial charge in [-0.1, -0.05) is 12.2 Å². The third-order valence-electron chi connectivity index (χ3n) is 6.19. The van der Waals surface area contributed by atoms with Crippen LogP contribution in [-0.2, 0) is 4.79 Å². The van der Waals surface area contributed by atoms with Crippen molar-refractivity contribution >= 4 is 22.8 Å². The molecule has 2 fully saturated rings. The van der Waals surface area contributed by atoms with Gasteiger partial charge in [-0.25, -0.2) is 13.6 Å². The number of aliphatic carboxylic acids is 1. The number of nitrogens with zero attached hydrogens (tertiary/aromatic N) is 1. The topological polar surface area (TPSA) is 73.4 Å². The first-order valence-corrected chi connectivity index (χ1v) is 8.64. The molecule has 0 unspecified atom stereocenters. The molecule has 1 aliphatic heterocycles. The molecule has 7 heteroatoms. The number of nitrogens with one attached hydrogen (secondary N) is 1. The van der Waals surface area contributed by atoms with Crippen molar-refractivity contribution in [1.29, 1.82) is 0 Å². The number of hydrogen-bond donors (Lipinski definition) is 2. The second-order valence-electron chi connectivity index (χ2n) is 7.46. The summed E-state index contributed by atoms with van der Waals surface area (Å²) in [5, 5.41) is 9.85. The smallest absolute Gasteiger partial charge is 0.326 e. The fourth-order valence-electron chi connectivity index (χ4n) is 5.17. The zero-order valence-electron chi connectivity index (χ0n) is 13.7. The highest BCUT2D eigenvalue weighted by atomic mass is 19.1. The average molecular weight is 358 g/mol. The summed E-state index contributed by atoms with van der Waals surface area (Å²) in [5.74, 6) is -2.42. The fourth-order valence-corrected chi connectivity index (χ4v) is 5.17. The number of carboxylic acids is 1. The fraction of sp³-hybridized carbons (Fsp3) is 0.368. The summed E-state index contributed by atoms with van der Waals surface area (Å²) in [4.78, 5) is 29.0. The van der Waals surface area contributed by atoms with E-state index in [1.54, 1.807) is 0 Å². The van der Waals surface area contributed by atoms with Gasteiger partial charge in [0.15, 0.2) is 0 Å². The second kappa shape index (κ2) is 5.16. The third kappa shape index (κ3) is 2.00. The first-order chi connectivity index (χ1) is 12.4. The Kier molecular flexibility index (Phi) is 3.08. The van der Waals surface area contributed by atoms with Crippen molar-refractivity contribution in [2.45, 2.75) is 12.5 Å². The molecule has 1 amide bonds. The molecule has 2 bridgehead atoms. The summed E-state index contributed by atoms with van der Waals surface area (Å²) in [6.07, 6.45) is 5.15. The van der Waals surface area contributed by atoms with E-state index in [0.717, 1.165) is 18.6 Å². The van der Waals surface area contributed by atoms with Crippen molar-refractivity contribution in [2.24, 2.45) is 23.7 Å². The zero-order valence-corrected chi connectivity index (χ0v) is 13.7. The maximum atomic E-state index is 13.9. The van der Waals surface area contributed by atoms with Gasteiger partial charge in [0.1, 0.15) is 23.4 Å². The molecule has 2 heterocycles. The molecule has 3 aliphatic rings. The molecule has 1 aromatic heterocycles. The van der Waals surface area contributed by atoms with E-state index < -0.39 is 29.6 Å². The van der Waals surface area contributed by atoms with Crippen LogP contribution in [-0.4, -0.2) is 39.5 Å². The maximum Gasteiger partial charge on any atom is 0.326 e.